The summed E-state index contributed by atoms with van der Waals surface area (Å²) in [5, 5.41) is 3.08. The van der Waals surface area contributed by atoms with E-state index in [4.69, 9.17) is 28.9 Å². The number of benzene rings is 1. The maximum absolute atomic E-state index is 6.13. The normalized spacial score (nSPS) is 12.9. The van der Waals surface area contributed by atoms with Crippen LogP contribution in [0.3, 0.4) is 0 Å². The fourth-order valence-electron chi connectivity index (χ4n) is 2.43. The van der Waals surface area contributed by atoms with Gasteiger partial charge < -0.3 is 10.3 Å². The van der Waals surface area contributed by atoms with E-state index in [-0.39, 0.29) is 6.04 Å². The molecule has 6 heteroatoms. The molecular formula is C14H13Cl2N3S. The predicted molar refractivity (Wildman–Crippen MR) is 86.9 cm³/mol. The fourth-order valence-corrected chi connectivity index (χ4v) is 3.64. The Morgan fingerprint density at radius 2 is 2.10 bits per heavy atom. The van der Waals surface area contributed by atoms with Gasteiger partial charge in [-0.3, -0.25) is 0 Å². The van der Waals surface area contributed by atoms with Crippen LogP contribution in [0.4, 0.5) is 5.95 Å². The summed E-state index contributed by atoms with van der Waals surface area (Å²) >= 11 is 13.9. The largest absolute Gasteiger partial charge is 0.369 e. The van der Waals surface area contributed by atoms with Gasteiger partial charge in [0.05, 0.1) is 27.1 Å². The van der Waals surface area contributed by atoms with Crippen molar-refractivity contribution in [2.75, 3.05) is 5.73 Å². The molecule has 2 heterocycles. The van der Waals surface area contributed by atoms with Gasteiger partial charge >= 0.3 is 0 Å². The first-order chi connectivity index (χ1) is 9.61. The molecule has 0 aliphatic rings. The molecule has 0 fully saturated rings. The van der Waals surface area contributed by atoms with E-state index in [0.29, 0.717) is 16.0 Å². The van der Waals surface area contributed by atoms with E-state index in [2.05, 4.69) is 23.4 Å². The molecule has 20 heavy (non-hydrogen) atoms. The van der Waals surface area contributed by atoms with E-state index < -0.39 is 0 Å². The maximum atomic E-state index is 6.13. The molecule has 1 unspecified atom stereocenters. The van der Waals surface area contributed by atoms with Crippen molar-refractivity contribution < 1.29 is 0 Å². The summed E-state index contributed by atoms with van der Waals surface area (Å²) in [7, 11) is 0. The number of aromatic nitrogens is 2. The van der Waals surface area contributed by atoms with Crippen molar-refractivity contribution in [3.05, 3.63) is 44.6 Å². The van der Waals surface area contributed by atoms with Gasteiger partial charge in [0, 0.05) is 4.88 Å². The number of thiophene rings is 1. The van der Waals surface area contributed by atoms with E-state index in [1.54, 1.807) is 17.4 Å². The van der Waals surface area contributed by atoms with Crippen LogP contribution in [0.2, 0.25) is 10.0 Å². The van der Waals surface area contributed by atoms with Crippen LogP contribution in [0.1, 0.15) is 24.3 Å². The highest BCUT2D eigenvalue weighted by Crippen LogP contribution is 2.35. The van der Waals surface area contributed by atoms with Gasteiger partial charge in [-0.05, 0) is 30.0 Å². The minimum Gasteiger partial charge on any atom is -0.369 e. The van der Waals surface area contributed by atoms with Crippen molar-refractivity contribution in [2.45, 2.75) is 19.4 Å². The number of fused-ring (bicyclic) bond motifs is 1. The smallest absolute Gasteiger partial charge is 0.201 e. The molecule has 0 amide bonds. The second kappa shape index (κ2) is 5.28. The molecule has 0 aliphatic heterocycles. The molecule has 0 saturated heterocycles. The molecule has 1 atom stereocenters. The Hall–Kier alpha value is -1.23. The number of anilines is 1. The summed E-state index contributed by atoms with van der Waals surface area (Å²) in [4.78, 5) is 5.65. The molecule has 0 saturated carbocycles. The zero-order chi connectivity index (χ0) is 14.3. The third-order valence-corrected chi connectivity index (χ3v) is 5.02. The first kappa shape index (κ1) is 13.7. The first-order valence-corrected chi connectivity index (χ1v) is 7.91. The highest BCUT2D eigenvalue weighted by atomic mass is 35.5. The number of rotatable bonds is 3. The number of nitrogens with two attached hydrogens (primary N) is 1. The molecule has 3 nitrogen and oxygen atoms in total. The topological polar surface area (TPSA) is 43.8 Å². The van der Waals surface area contributed by atoms with Crippen LogP contribution >= 0.6 is 34.5 Å². The van der Waals surface area contributed by atoms with Crippen molar-refractivity contribution >= 4 is 51.5 Å². The second-order valence-corrected chi connectivity index (χ2v) is 6.33. The molecule has 104 valence electrons. The molecule has 0 aliphatic carbocycles. The molecule has 0 radical (unpaired) electrons. The number of hydrogen-bond acceptors (Lipinski definition) is 3. The quantitative estimate of drug-likeness (QED) is 0.737. The molecule has 3 rings (SSSR count). The van der Waals surface area contributed by atoms with Gasteiger partial charge in [0.1, 0.15) is 0 Å². The van der Waals surface area contributed by atoms with Crippen molar-refractivity contribution in [3.8, 4) is 0 Å². The van der Waals surface area contributed by atoms with E-state index in [1.165, 1.54) is 4.88 Å². The Kier molecular flexibility index (Phi) is 3.63. The van der Waals surface area contributed by atoms with Gasteiger partial charge in [0.25, 0.3) is 0 Å². The highest BCUT2D eigenvalue weighted by Gasteiger charge is 2.19. The monoisotopic (exact) mass is 325 g/mol. The van der Waals surface area contributed by atoms with Gasteiger partial charge in [0.2, 0.25) is 5.95 Å². The van der Waals surface area contributed by atoms with Crippen LogP contribution in [0.15, 0.2) is 29.6 Å². The van der Waals surface area contributed by atoms with E-state index in [0.717, 1.165) is 17.5 Å². The highest BCUT2D eigenvalue weighted by molar-refractivity contribution is 7.10. The van der Waals surface area contributed by atoms with Gasteiger partial charge in [-0.25, -0.2) is 4.98 Å². The number of nitrogen functional groups attached to an aromatic ring is 1. The van der Waals surface area contributed by atoms with Crippen LogP contribution < -0.4 is 5.73 Å². The molecule has 1 aromatic carbocycles. The number of halogens is 2. The summed E-state index contributed by atoms with van der Waals surface area (Å²) in [6.07, 6.45) is 0.927. The minimum absolute atomic E-state index is 0.164. The maximum Gasteiger partial charge on any atom is 0.201 e. The third kappa shape index (κ3) is 2.18. The standard InChI is InChI=1S/C14H13Cl2N3S/c1-2-11(13-4-3-5-20-13)19-12-7-9(16)8(15)6-10(12)18-14(19)17/h3-7,11H,2H2,1H3,(H2,17,18). The number of hydrogen-bond donors (Lipinski definition) is 1. The van der Waals surface area contributed by atoms with Gasteiger partial charge in [-0.15, -0.1) is 11.3 Å². The molecule has 2 aromatic heterocycles. The third-order valence-electron chi connectivity index (χ3n) is 3.33. The zero-order valence-corrected chi connectivity index (χ0v) is 13.1. The Morgan fingerprint density at radius 3 is 2.75 bits per heavy atom. The average molecular weight is 326 g/mol. The predicted octanol–water partition coefficient (Wildman–Crippen LogP) is 4.99. The van der Waals surface area contributed by atoms with Gasteiger partial charge in [-0.1, -0.05) is 36.2 Å². The van der Waals surface area contributed by atoms with E-state index >= 15 is 0 Å². The number of nitrogens with zero attached hydrogens (tertiary/aromatic N) is 2. The Labute approximate surface area is 130 Å². The first-order valence-electron chi connectivity index (χ1n) is 6.27. The summed E-state index contributed by atoms with van der Waals surface area (Å²) in [6, 6.07) is 7.91. The second-order valence-electron chi connectivity index (χ2n) is 4.53. The van der Waals surface area contributed by atoms with Crippen molar-refractivity contribution in [1.82, 2.24) is 9.55 Å². The van der Waals surface area contributed by atoms with Crippen LogP contribution in [0.25, 0.3) is 11.0 Å². The Morgan fingerprint density at radius 1 is 1.35 bits per heavy atom. The summed E-state index contributed by atoms with van der Waals surface area (Å²) in [5.74, 6) is 0.485. The summed E-state index contributed by atoms with van der Waals surface area (Å²) < 4.78 is 2.03. The van der Waals surface area contributed by atoms with Crippen molar-refractivity contribution in [2.24, 2.45) is 0 Å². The Bertz CT molecular complexity index is 749. The van der Waals surface area contributed by atoms with Crippen LogP contribution in [0, 0.1) is 0 Å². The van der Waals surface area contributed by atoms with Crippen LogP contribution in [0.5, 0.6) is 0 Å². The lowest BCUT2D eigenvalue weighted by Crippen LogP contribution is -2.11. The SMILES string of the molecule is CCC(c1cccs1)n1c(N)nc2cc(Cl)c(Cl)cc21. The van der Waals surface area contributed by atoms with Gasteiger partial charge in [0.15, 0.2) is 0 Å². The summed E-state index contributed by atoms with van der Waals surface area (Å²) in [5.41, 5.74) is 7.79. The van der Waals surface area contributed by atoms with Crippen molar-refractivity contribution in [1.29, 1.82) is 0 Å². The van der Waals surface area contributed by atoms with E-state index in [1.807, 2.05) is 16.7 Å². The lowest BCUT2D eigenvalue weighted by molar-refractivity contribution is 0.599. The fraction of sp³-hybridized carbons (Fsp3) is 0.214. The van der Waals surface area contributed by atoms with Gasteiger partial charge in [-0.2, -0.15) is 0 Å². The average Bonchev–Trinajstić information content (AvgIpc) is 3.02. The summed E-state index contributed by atoms with van der Waals surface area (Å²) in [6.45, 7) is 2.13. The lowest BCUT2D eigenvalue weighted by atomic mass is 10.1. The lowest BCUT2D eigenvalue weighted by Gasteiger charge is -2.17. The zero-order valence-electron chi connectivity index (χ0n) is 10.8. The van der Waals surface area contributed by atoms with Crippen LogP contribution in [-0.4, -0.2) is 9.55 Å². The molecule has 3 aromatic rings. The Balaban J connectivity index is 2.24. The molecular weight excluding hydrogens is 313 g/mol. The van der Waals surface area contributed by atoms with Crippen LogP contribution in [-0.2, 0) is 0 Å². The molecule has 0 spiro atoms. The van der Waals surface area contributed by atoms with E-state index in [9.17, 15) is 0 Å². The molecule has 0 bridgehead atoms. The number of imidazole rings is 1. The molecule has 2 N–H and O–H groups in total. The minimum atomic E-state index is 0.164. The van der Waals surface area contributed by atoms with Crippen molar-refractivity contribution in [3.63, 3.8) is 0 Å².